The minimum absolute atomic E-state index is 0.0753. The zero-order chi connectivity index (χ0) is 27.9. The molecule has 2 saturated heterocycles. The summed E-state index contributed by atoms with van der Waals surface area (Å²) in [5.41, 5.74) is 0.142. The number of ether oxygens (including phenoxy) is 1. The van der Waals surface area contributed by atoms with E-state index >= 15 is 0 Å². The van der Waals surface area contributed by atoms with Crippen LogP contribution in [0.25, 0.3) is 10.8 Å². The number of hydrogen-bond acceptors (Lipinski definition) is 3. The van der Waals surface area contributed by atoms with Crippen molar-refractivity contribution in [3.63, 3.8) is 0 Å². The highest BCUT2D eigenvalue weighted by Gasteiger charge is 2.43. The molecule has 39 heavy (non-hydrogen) atoms. The van der Waals surface area contributed by atoms with Gasteiger partial charge in [-0.1, -0.05) is 24.3 Å². The number of benzene rings is 2. The van der Waals surface area contributed by atoms with E-state index in [-0.39, 0.29) is 29.9 Å². The molecule has 1 aliphatic carbocycles. The van der Waals surface area contributed by atoms with E-state index < -0.39 is 35.7 Å². The van der Waals surface area contributed by atoms with Crippen LogP contribution in [-0.4, -0.2) is 46.6 Å². The van der Waals surface area contributed by atoms with Crippen molar-refractivity contribution in [2.45, 2.75) is 101 Å². The van der Waals surface area contributed by atoms with Crippen molar-refractivity contribution >= 4 is 16.7 Å². The maximum Gasteiger partial charge on any atom is 0.420 e. The standard InChI is InChI=1S/C30H36F5NO3/c1-29(31,32)21-6-10-24(11-7-21)39-26-13-5-19-15-18(4-12-25(19)27(26)30(33,34)35)3-2-14-36-22-8-9-23(36)17-20(16-22)28(37)38/h4-5,12-13,15,20-24H,2-3,6-11,14,16-17H2,1H3,(H,37,38). The van der Waals surface area contributed by atoms with Crippen LogP contribution in [0.3, 0.4) is 0 Å². The van der Waals surface area contributed by atoms with E-state index in [0.717, 1.165) is 44.7 Å². The number of carboxylic acids is 1. The molecule has 0 amide bonds. The van der Waals surface area contributed by atoms with Crippen molar-refractivity contribution in [1.29, 1.82) is 0 Å². The van der Waals surface area contributed by atoms with Gasteiger partial charge in [0.25, 0.3) is 0 Å². The third-order valence-corrected chi connectivity index (χ3v) is 9.13. The fourth-order valence-corrected chi connectivity index (χ4v) is 7.08. The molecule has 2 atom stereocenters. The van der Waals surface area contributed by atoms with Gasteiger partial charge in [0, 0.05) is 18.0 Å². The monoisotopic (exact) mass is 553 g/mol. The first-order valence-electron chi connectivity index (χ1n) is 14.1. The summed E-state index contributed by atoms with van der Waals surface area (Å²) < 4.78 is 75.6. The Hall–Kier alpha value is -2.42. The molecule has 2 bridgehead atoms. The Bertz CT molecular complexity index is 1170. The maximum absolute atomic E-state index is 14.2. The Labute approximate surface area is 225 Å². The lowest BCUT2D eigenvalue weighted by Gasteiger charge is -2.37. The number of aryl methyl sites for hydroxylation is 1. The maximum atomic E-state index is 14.2. The predicted molar refractivity (Wildman–Crippen MR) is 138 cm³/mol. The Morgan fingerprint density at radius 3 is 2.23 bits per heavy atom. The number of fused-ring (bicyclic) bond motifs is 3. The summed E-state index contributed by atoms with van der Waals surface area (Å²) in [5.74, 6) is -4.76. The highest BCUT2D eigenvalue weighted by atomic mass is 19.4. The van der Waals surface area contributed by atoms with Gasteiger partial charge < -0.3 is 9.84 Å². The summed E-state index contributed by atoms with van der Waals surface area (Å²) in [5, 5.41) is 9.95. The molecule has 4 nitrogen and oxygen atoms in total. The van der Waals surface area contributed by atoms with E-state index in [4.69, 9.17) is 4.74 Å². The summed E-state index contributed by atoms with van der Waals surface area (Å²) >= 11 is 0. The van der Waals surface area contributed by atoms with Crippen molar-refractivity contribution < 1.29 is 36.6 Å². The zero-order valence-corrected chi connectivity index (χ0v) is 22.2. The van der Waals surface area contributed by atoms with Gasteiger partial charge in [0.1, 0.15) is 11.3 Å². The molecule has 1 N–H and O–H groups in total. The minimum Gasteiger partial charge on any atom is -0.490 e. The van der Waals surface area contributed by atoms with Crippen LogP contribution >= 0.6 is 0 Å². The molecule has 3 fully saturated rings. The molecule has 2 aromatic rings. The smallest absolute Gasteiger partial charge is 0.420 e. The zero-order valence-electron chi connectivity index (χ0n) is 22.2. The van der Waals surface area contributed by atoms with Gasteiger partial charge in [-0.25, -0.2) is 8.78 Å². The normalized spacial score (nSPS) is 28.1. The summed E-state index contributed by atoms with van der Waals surface area (Å²) in [6.45, 7) is 1.75. The Morgan fingerprint density at radius 1 is 0.974 bits per heavy atom. The van der Waals surface area contributed by atoms with Gasteiger partial charge in [-0.05, 0) is 100 Å². The molecule has 2 heterocycles. The SMILES string of the molecule is CC(F)(F)C1CCC(Oc2ccc3cc(CCCN4C5CCC4CC(C(=O)O)C5)ccc3c2C(F)(F)F)CC1. The molecule has 0 spiro atoms. The van der Waals surface area contributed by atoms with Crippen molar-refractivity contribution in [3.05, 3.63) is 41.5 Å². The fraction of sp³-hybridized carbons (Fsp3) is 0.633. The van der Waals surface area contributed by atoms with Gasteiger partial charge in [-0.15, -0.1) is 0 Å². The lowest BCUT2D eigenvalue weighted by atomic mass is 9.83. The summed E-state index contributed by atoms with van der Waals surface area (Å²) in [4.78, 5) is 13.8. The number of piperidine rings is 1. The first-order valence-corrected chi connectivity index (χ1v) is 14.1. The first kappa shape index (κ1) is 28.1. The van der Waals surface area contributed by atoms with Crippen LogP contribution in [0.4, 0.5) is 22.0 Å². The van der Waals surface area contributed by atoms with Gasteiger partial charge >= 0.3 is 12.1 Å². The Kier molecular flexibility index (Phi) is 7.83. The van der Waals surface area contributed by atoms with E-state index in [1.807, 2.05) is 0 Å². The second-order valence-corrected chi connectivity index (χ2v) is 11.8. The van der Waals surface area contributed by atoms with E-state index in [9.17, 15) is 31.9 Å². The highest BCUT2D eigenvalue weighted by Crippen LogP contribution is 2.44. The van der Waals surface area contributed by atoms with E-state index in [1.165, 1.54) is 12.1 Å². The molecule has 0 aromatic heterocycles. The highest BCUT2D eigenvalue weighted by molar-refractivity contribution is 5.89. The fourth-order valence-electron chi connectivity index (χ4n) is 7.08. The topological polar surface area (TPSA) is 49.8 Å². The number of rotatable bonds is 8. The second-order valence-electron chi connectivity index (χ2n) is 11.8. The number of carboxylic acid groups (broad SMARTS) is 1. The van der Waals surface area contributed by atoms with Crippen molar-refractivity contribution in [2.24, 2.45) is 11.8 Å². The second kappa shape index (κ2) is 10.9. The van der Waals surface area contributed by atoms with Crippen molar-refractivity contribution in [3.8, 4) is 5.75 Å². The quantitative estimate of drug-likeness (QED) is 0.340. The van der Waals surface area contributed by atoms with Gasteiger partial charge in [-0.3, -0.25) is 9.69 Å². The average molecular weight is 554 g/mol. The van der Waals surface area contributed by atoms with E-state index in [1.54, 1.807) is 18.2 Å². The van der Waals surface area contributed by atoms with Gasteiger partial charge in [0.2, 0.25) is 5.92 Å². The third-order valence-electron chi connectivity index (χ3n) is 9.13. The summed E-state index contributed by atoms with van der Waals surface area (Å²) in [7, 11) is 0. The lowest BCUT2D eigenvalue weighted by Crippen LogP contribution is -2.45. The third kappa shape index (κ3) is 6.18. The molecule has 2 aromatic carbocycles. The molecule has 5 rings (SSSR count). The van der Waals surface area contributed by atoms with Crippen molar-refractivity contribution in [1.82, 2.24) is 4.90 Å². The predicted octanol–water partition coefficient (Wildman–Crippen LogP) is 7.71. The number of nitrogens with zero attached hydrogens (tertiary/aromatic N) is 1. The van der Waals surface area contributed by atoms with E-state index in [0.29, 0.717) is 43.2 Å². The van der Waals surface area contributed by atoms with Crippen LogP contribution in [0.15, 0.2) is 30.3 Å². The number of aliphatic carboxylic acids is 1. The van der Waals surface area contributed by atoms with E-state index in [2.05, 4.69) is 4.90 Å². The van der Waals surface area contributed by atoms with Crippen LogP contribution in [0.1, 0.15) is 75.8 Å². The molecule has 214 valence electrons. The summed E-state index contributed by atoms with van der Waals surface area (Å²) in [6, 6.07) is 8.67. The van der Waals surface area contributed by atoms with Gasteiger partial charge in [0.05, 0.1) is 12.0 Å². The molecule has 9 heteroatoms. The molecular weight excluding hydrogens is 517 g/mol. The van der Waals surface area contributed by atoms with Crippen LogP contribution in [0.2, 0.25) is 0 Å². The van der Waals surface area contributed by atoms with Crippen LogP contribution in [-0.2, 0) is 17.4 Å². The lowest BCUT2D eigenvalue weighted by molar-refractivity contribution is -0.144. The summed E-state index contributed by atoms with van der Waals surface area (Å²) in [6.07, 6.45) is 0.944. The van der Waals surface area contributed by atoms with Crippen molar-refractivity contribution in [2.75, 3.05) is 6.54 Å². The minimum atomic E-state index is -4.62. The van der Waals surface area contributed by atoms with Crippen LogP contribution in [0, 0.1) is 11.8 Å². The van der Waals surface area contributed by atoms with Gasteiger partial charge in [-0.2, -0.15) is 13.2 Å². The number of alkyl halides is 5. The van der Waals surface area contributed by atoms with Gasteiger partial charge in [0.15, 0.2) is 0 Å². The molecule has 2 unspecified atom stereocenters. The first-order chi connectivity index (χ1) is 18.4. The largest absolute Gasteiger partial charge is 0.490 e. The number of carbonyl (C=O) groups is 1. The van der Waals surface area contributed by atoms with Crippen LogP contribution in [0.5, 0.6) is 5.75 Å². The van der Waals surface area contributed by atoms with Crippen LogP contribution < -0.4 is 4.74 Å². The number of hydrogen-bond donors (Lipinski definition) is 1. The molecule has 0 radical (unpaired) electrons. The average Bonchev–Trinajstić information content (AvgIpc) is 3.09. The molecule has 1 saturated carbocycles. The number of halogens is 5. The molecule has 3 aliphatic rings. The Balaban J connectivity index is 1.25. The Morgan fingerprint density at radius 2 is 1.64 bits per heavy atom. The molecule has 2 aliphatic heterocycles. The molecular formula is C30H36F5NO3.